The van der Waals surface area contributed by atoms with Crippen molar-refractivity contribution in [2.24, 2.45) is 0 Å². The fraction of sp³-hybridized carbons (Fsp3) is 0.217. The van der Waals surface area contributed by atoms with Crippen LogP contribution in [-0.4, -0.2) is 19.5 Å². The molecule has 0 saturated heterocycles. The van der Waals surface area contributed by atoms with Gasteiger partial charge in [-0.3, -0.25) is 0 Å². The van der Waals surface area contributed by atoms with Crippen LogP contribution in [0.2, 0.25) is 0 Å². The highest BCUT2D eigenvalue weighted by molar-refractivity contribution is 7.88. The highest BCUT2D eigenvalue weighted by Gasteiger charge is 2.48. The summed E-state index contributed by atoms with van der Waals surface area (Å²) < 4.78 is 67.1. The minimum atomic E-state index is -5.64. The van der Waals surface area contributed by atoms with Gasteiger partial charge in [0.1, 0.15) is 17.1 Å². The molecule has 0 bridgehead atoms. The van der Waals surface area contributed by atoms with E-state index in [4.69, 9.17) is 4.74 Å². The Kier molecular flexibility index (Phi) is 8.63. The molecule has 4 nitrogen and oxygen atoms in total. The van der Waals surface area contributed by atoms with Gasteiger partial charge in [-0.15, -0.1) is 0 Å². The van der Waals surface area contributed by atoms with Crippen LogP contribution >= 0.6 is 0 Å². The summed E-state index contributed by atoms with van der Waals surface area (Å²) in [5.41, 5.74) is -5.92. The standard InChI is InChI=1S/C12H10S.C11H13F3O4S/c1-3-7-11(8-4-1)13-12-9-5-2-6-10-12;1-10(2,3)17-8-4-6-9(7-5-8)18-19(15,16)11(12,13)14/h1-10H;4-7H,1-3H3/p+1. The highest BCUT2D eigenvalue weighted by Crippen LogP contribution is 2.28. The first-order chi connectivity index (χ1) is 14.9. The van der Waals surface area contributed by atoms with Crippen molar-refractivity contribution in [3.8, 4) is 11.5 Å². The van der Waals surface area contributed by atoms with Gasteiger partial charge >= 0.3 is 15.6 Å². The zero-order chi connectivity index (χ0) is 23.8. The lowest BCUT2D eigenvalue weighted by Gasteiger charge is -2.21. The smallest absolute Gasteiger partial charge is 0.488 e. The molecule has 0 aliphatic heterocycles. The second-order valence-corrected chi connectivity index (χ2v) is 10.2. The highest BCUT2D eigenvalue weighted by atomic mass is 32.2. The van der Waals surface area contributed by atoms with Crippen molar-refractivity contribution in [1.82, 2.24) is 0 Å². The first kappa shape index (κ1) is 25.6. The van der Waals surface area contributed by atoms with Crippen LogP contribution in [0.5, 0.6) is 11.5 Å². The summed E-state index contributed by atoms with van der Waals surface area (Å²) in [6.45, 7) is 5.39. The largest absolute Gasteiger partial charge is 0.534 e. The number of alkyl halides is 3. The Morgan fingerprint density at radius 2 is 1.09 bits per heavy atom. The molecule has 0 spiro atoms. The van der Waals surface area contributed by atoms with E-state index in [0.29, 0.717) is 5.75 Å². The zero-order valence-corrected chi connectivity index (χ0v) is 19.4. The van der Waals surface area contributed by atoms with E-state index in [1.807, 2.05) is 12.1 Å². The second-order valence-electron chi connectivity index (χ2n) is 7.45. The first-order valence-electron chi connectivity index (χ1n) is 9.47. The number of hydrogen-bond acceptors (Lipinski definition) is 4. The quantitative estimate of drug-likeness (QED) is 0.192. The summed E-state index contributed by atoms with van der Waals surface area (Å²) in [5.74, 6) is -0.0390. The molecule has 0 fully saturated rings. The van der Waals surface area contributed by atoms with Crippen molar-refractivity contribution in [2.75, 3.05) is 0 Å². The molecule has 0 heterocycles. The lowest BCUT2D eigenvalue weighted by Crippen LogP contribution is -2.28. The number of benzene rings is 3. The third-order valence-electron chi connectivity index (χ3n) is 3.51. The molecule has 0 N–H and O–H groups in total. The van der Waals surface area contributed by atoms with E-state index in [9.17, 15) is 21.6 Å². The van der Waals surface area contributed by atoms with Crippen molar-refractivity contribution in [2.45, 2.75) is 41.7 Å². The molecule has 9 heteroatoms. The van der Waals surface area contributed by atoms with Gasteiger partial charge in [-0.2, -0.15) is 21.6 Å². The predicted molar refractivity (Wildman–Crippen MR) is 121 cm³/mol. The van der Waals surface area contributed by atoms with Gasteiger partial charge in [-0.1, -0.05) is 36.4 Å². The van der Waals surface area contributed by atoms with Crippen LogP contribution in [0.4, 0.5) is 13.2 Å². The third kappa shape index (κ3) is 8.84. The number of halogens is 3. The molecule has 0 saturated carbocycles. The normalized spacial score (nSPS) is 11.8. The van der Waals surface area contributed by atoms with Gasteiger partial charge in [-0.25, -0.2) is 0 Å². The van der Waals surface area contributed by atoms with Crippen LogP contribution < -0.4 is 8.92 Å². The number of thiol groups is 1. The van der Waals surface area contributed by atoms with Gasteiger partial charge < -0.3 is 8.92 Å². The van der Waals surface area contributed by atoms with Crippen molar-refractivity contribution in [3.05, 3.63) is 84.9 Å². The minimum absolute atomic E-state index is 0.393. The van der Waals surface area contributed by atoms with Gasteiger partial charge in [0.25, 0.3) is 0 Å². The van der Waals surface area contributed by atoms with Gasteiger partial charge in [0, 0.05) is 11.8 Å². The summed E-state index contributed by atoms with van der Waals surface area (Å²) in [4.78, 5) is 2.68. The molecule has 0 aromatic heterocycles. The van der Waals surface area contributed by atoms with Crippen LogP contribution in [0.1, 0.15) is 20.8 Å². The molecular weight excluding hydrogens is 461 g/mol. The van der Waals surface area contributed by atoms with Crippen molar-refractivity contribution < 1.29 is 30.5 Å². The Morgan fingerprint density at radius 3 is 1.47 bits per heavy atom. The number of ether oxygens (including phenoxy) is 1. The Hall–Kier alpha value is -2.65. The minimum Gasteiger partial charge on any atom is -0.488 e. The predicted octanol–water partition coefficient (Wildman–Crippen LogP) is 6.01. The van der Waals surface area contributed by atoms with Crippen LogP contribution in [-0.2, 0) is 21.9 Å². The molecule has 3 aromatic rings. The Bertz CT molecular complexity index is 1020. The maximum atomic E-state index is 12.1. The fourth-order valence-electron chi connectivity index (χ4n) is 2.24. The van der Waals surface area contributed by atoms with E-state index in [0.717, 1.165) is 12.1 Å². The van der Waals surface area contributed by atoms with Gasteiger partial charge in [-0.05, 0) is 69.3 Å². The molecule has 3 aromatic carbocycles. The number of hydrogen-bond donors (Lipinski definition) is 0. The average Bonchev–Trinajstić information content (AvgIpc) is 2.69. The lowest BCUT2D eigenvalue weighted by atomic mass is 10.2. The lowest BCUT2D eigenvalue weighted by molar-refractivity contribution is -0.0500. The van der Waals surface area contributed by atoms with Gasteiger partial charge in [0.2, 0.25) is 0 Å². The topological polar surface area (TPSA) is 52.6 Å². The van der Waals surface area contributed by atoms with E-state index in [1.165, 1.54) is 33.7 Å². The summed E-state index contributed by atoms with van der Waals surface area (Å²) in [5, 5.41) is 0. The van der Waals surface area contributed by atoms with Gasteiger partial charge in [0.15, 0.2) is 9.79 Å². The van der Waals surface area contributed by atoms with Gasteiger partial charge in [0.05, 0.1) is 0 Å². The van der Waals surface area contributed by atoms with Crippen molar-refractivity contribution in [1.29, 1.82) is 0 Å². The van der Waals surface area contributed by atoms with E-state index < -0.39 is 27.0 Å². The molecule has 3 rings (SSSR count). The Labute approximate surface area is 190 Å². The summed E-state index contributed by atoms with van der Waals surface area (Å²) >= 11 is 1.28. The zero-order valence-electron chi connectivity index (χ0n) is 17.7. The molecular formula is C23H24F3O4S2+. The summed E-state index contributed by atoms with van der Waals surface area (Å²) in [7, 11) is -5.64. The Balaban J connectivity index is 0.000000242. The molecule has 0 amide bonds. The van der Waals surface area contributed by atoms with E-state index >= 15 is 0 Å². The molecule has 32 heavy (non-hydrogen) atoms. The molecule has 0 radical (unpaired) electrons. The molecule has 172 valence electrons. The van der Waals surface area contributed by atoms with E-state index in [2.05, 4.69) is 52.7 Å². The maximum absolute atomic E-state index is 12.1. The monoisotopic (exact) mass is 485 g/mol. The van der Waals surface area contributed by atoms with Crippen LogP contribution in [0.25, 0.3) is 0 Å². The first-order valence-corrected chi connectivity index (χ1v) is 11.8. The van der Waals surface area contributed by atoms with Crippen LogP contribution in [0.3, 0.4) is 0 Å². The molecule has 0 atom stereocenters. The molecule has 0 aliphatic rings. The SMILES string of the molecule is CC(C)(C)Oc1ccc(OS(=O)(=O)C(F)(F)F)cc1.c1ccc([SH+]c2ccccc2)cc1. The molecule has 0 unspecified atom stereocenters. The summed E-state index contributed by atoms with van der Waals surface area (Å²) in [6.07, 6.45) is 0. The van der Waals surface area contributed by atoms with E-state index in [1.54, 1.807) is 20.8 Å². The summed E-state index contributed by atoms with van der Waals surface area (Å²) in [6, 6.07) is 25.8. The fourth-order valence-corrected chi connectivity index (χ4v) is 3.64. The van der Waals surface area contributed by atoms with Crippen molar-refractivity contribution in [3.63, 3.8) is 0 Å². The average molecular weight is 486 g/mol. The van der Waals surface area contributed by atoms with Crippen molar-refractivity contribution >= 4 is 21.9 Å². The van der Waals surface area contributed by atoms with Crippen LogP contribution in [0.15, 0.2) is 94.7 Å². The molecule has 0 aliphatic carbocycles. The van der Waals surface area contributed by atoms with E-state index in [-0.39, 0.29) is 0 Å². The second kappa shape index (κ2) is 10.8. The third-order valence-corrected chi connectivity index (χ3v) is 5.60. The number of rotatable bonds is 5. The maximum Gasteiger partial charge on any atom is 0.534 e. The van der Waals surface area contributed by atoms with Crippen LogP contribution in [0, 0.1) is 0 Å². The Morgan fingerprint density at radius 1 is 0.688 bits per heavy atom.